The maximum Gasteiger partial charge on any atom is 0.0388 e. The van der Waals surface area contributed by atoms with Gasteiger partial charge in [-0.2, -0.15) is 0 Å². The molecular formula is C13H23NS. The Morgan fingerprint density at radius 3 is 2.47 bits per heavy atom. The van der Waals surface area contributed by atoms with Crippen LogP contribution >= 0.6 is 11.3 Å². The molecule has 1 atom stereocenters. The van der Waals surface area contributed by atoms with Crippen LogP contribution in [-0.4, -0.2) is 6.54 Å². The highest BCUT2D eigenvalue weighted by Gasteiger charge is 2.11. The first-order valence-corrected chi connectivity index (χ1v) is 6.84. The average molecular weight is 225 g/mol. The second-order valence-corrected chi connectivity index (χ2v) is 5.23. The van der Waals surface area contributed by atoms with Crippen molar-refractivity contribution in [3.8, 4) is 0 Å². The third-order valence-electron chi connectivity index (χ3n) is 3.16. The van der Waals surface area contributed by atoms with Gasteiger partial charge in [-0.3, -0.25) is 0 Å². The standard InChI is InChI=1S/C13H23NS/c1-5-12(6-2)9-14-11(4)13-10(3)7-8-15-13/h7-8,11-12,14H,5-6,9H2,1-4H3. The molecular weight excluding hydrogens is 202 g/mol. The van der Waals surface area contributed by atoms with Crippen LogP contribution in [0.3, 0.4) is 0 Å². The second-order valence-electron chi connectivity index (χ2n) is 4.28. The summed E-state index contributed by atoms with van der Waals surface area (Å²) in [6, 6.07) is 2.71. The lowest BCUT2D eigenvalue weighted by Crippen LogP contribution is -2.25. The van der Waals surface area contributed by atoms with Crippen LogP contribution in [0.1, 0.15) is 50.1 Å². The smallest absolute Gasteiger partial charge is 0.0388 e. The maximum absolute atomic E-state index is 3.64. The molecule has 0 aromatic carbocycles. The fourth-order valence-corrected chi connectivity index (χ4v) is 2.80. The molecule has 2 heteroatoms. The Balaban J connectivity index is 2.42. The first kappa shape index (κ1) is 12.7. The van der Waals surface area contributed by atoms with Crippen molar-refractivity contribution < 1.29 is 0 Å². The van der Waals surface area contributed by atoms with Crippen LogP contribution < -0.4 is 5.32 Å². The first-order chi connectivity index (χ1) is 7.19. The summed E-state index contributed by atoms with van der Waals surface area (Å²) < 4.78 is 0. The van der Waals surface area contributed by atoms with E-state index >= 15 is 0 Å². The average Bonchev–Trinajstić information content (AvgIpc) is 2.66. The zero-order valence-electron chi connectivity index (χ0n) is 10.3. The highest BCUT2D eigenvalue weighted by Crippen LogP contribution is 2.23. The zero-order valence-corrected chi connectivity index (χ0v) is 11.2. The Hall–Kier alpha value is -0.340. The lowest BCUT2D eigenvalue weighted by atomic mass is 10.0. The molecule has 1 rings (SSSR count). The third-order valence-corrected chi connectivity index (χ3v) is 4.36. The number of thiophene rings is 1. The van der Waals surface area contributed by atoms with Crippen molar-refractivity contribution in [3.05, 3.63) is 21.9 Å². The molecule has 0 fully saturated rings. The van der Waals surface area contributed by atoms with Gasteiger partial charge in [-0.25, -0.2) is 0 Å². The Kier molecular flexibility index (Phi) is 5.34. The molecule has 0 saturated heterocycles. The minimum absolute atomic E-state index is 0.505. The van der Waals surface area contributed by atoms with E-state index in [1.807, 2.05) is 11.3 Å². The molecule has 0 aliphatic carbocycles. The van der Waals surface area contributed by atoms with Gasteiger partial charge in [0.25, 0.3) is 0 Å². The van der Waals surface area contributed by atoms with Gasteiger partial charge in [-0.15, -0.1) is 11.3 Å². The molecule has 0 bridgehead atoms. The van der Waals surface area contributed by atoms with Crippen LogP contribution in [0.2, 0.25) is 0 Å². The summed E-state index contributed by atoms with van der Waals surface area (Å²) in [4.78, 5) is 1.49. The van der Waals surface area contributed by atoms with E-state index in [-0.39, 0.29) is 0 Å². The van der Waals surface area contributed by atoms with Gasteiger partial charge in [0, 0.05) is 10.9 Å². The van der Waals surface area contributed by atoms with E-state index in [2.05, 4.69) is 44.5 Å². The predicted molar refractivity (Wildman–Crippen MR) is 69.5 cm³/mol. The molecule has 15 heavy (non-hydrogen) atoms. The van der Waals surface area contributed by atoms with Crippen molar-refractivity contribution in [3.63, 3.8) is 0 Å². The summed E-state index contributed by atoms with van der Waals surface area (Å²) in [6.07, 6.45) is 2.55. The van der Waals surface area contributed by atoms with Gasteiger partial charge in [-0.05, 0) is 43.3 Å². The van der Waals surface area contributed by atoms with Gasteiger partial charge in [0.15, 0.2) is 0 Å². The number of nitrogens with one attached hydrogen (secondary N) is 1. The summed E-state index contributed by atoms with van der Waals surface area (Å²) in [7, 11) is 0. The van der Waals surface area contributed by atoms with Crippen molar-refractivity contribution in [1.29, 1.82) is 0 Å². The van der Waals surface area contributed by atoms with E-state index in [0.29, 0.717) is 6.04 Å². The number of aryl methyl sites for hydroxylation is 1. The quantitative estimate of drug-likeness (QED) is 0.767. The SMILES string of the molecule is CCC(CC)CNC(C)c1sccc1C. The molecule has 86 valence electrons. The van der Waals surface area contributed by atoms with Crippen molar-refractivity contribution in [2.45, 2.75) is 46.6 Å². The summed E-state index contributed by atoms with van der Waals surface area (Å²) in [6.45, 7) is 10.2. The van der Waals surface area contributed by atoms with E-state index in [1.165, 1.54) is 23.3 Å². The van der Waals surface area contributed by atoms with Gasteiger partial charge in [0.05, 0.1) is 0 Å². The lowest BCUT2D eigenvalue weighted by molar-refractivity contribution is 0.424. The Bertz CT molecular complexity index is 276. The fourth-order valence-electron chi connectivity index (χ4n) is 1.84. The molecule has 1 unspecified atom stereocenters. The van der Waals surface area contributed by atoms with Crippen molar-refractivity contribution in [2.24, 2.45) is 5.92 Å². The van der Waals surface area contributed by atoms with Crippen molar-refractivity contribution in [1.82, 2.24) is 5.32 Å². The van der Waals surface area contributed by atoms with Crippen LogP contribution in [0.4, 0.5) is 0 Å². The lowest BCUT2D eigenvalue weighted by Gasteiger charge is -2.18. The van der Waals surface area contributed by atoms with E-state index in [4.69, 9.17) is 0 Å². The predicted octanol–water partition coefficient (Wildman–Crippen LogP) is 4.14. The molecule has 0 aliphatic heterocycles. The zero-order chi connectivity index (χ0) is 11.3. The highest BCUT2D eigenvalue weighted by atomic mass is 32.1. The monoisotopic (exact) mass is 225 g/mol. The molecule has 0 saturated carbocycles. The highest BCUT2D eigenvalue weighted by molar-refractivity contribution is 7.10. The fraction of sp³-hybridized carbons (Fsp3) is 0.692. The molecule has 0 amide bonds. The molecule has 1 aromatic heterocycles. The van der Waals surface area contributed by atoms with Crippen LogP contribution in [-0.2, 0) is 0 Å². The molecule has 1 aromatic rings. The Morgan fingerprint density at radius 1 is 1.33 bits per heavy atom. The normalized spacial score (nSPS) is 13.4. The number of hydrogen-bond donors (Lipinski definition) is 1. The Labute approximate surface area is 97.9 Å². The maximum atomic E-state index is 3.64. The van der Waals surface area contributed by atoms with Crippen molar-refractivity contribution >= 4 is 11.3 Å². The van der Waals surface area contributed by atoms with Crippen LogP contribution in [0.25, 0.3) is 0 Å². The van der Waals surface area contributed by atoms with Gasteiger partial charge >= 0.3 is 0 Å². The van der Waals surface area contributed by atoms with Crippen LogP contribution in [0.15, 0.2) is 11.4 Å². The number of hydrogen-bond acceptors (Lipinski definition) is 2. The molecule has 0 spiro atoms. The van der Waals surface area contributed by atoms with Crippen LogP contribution in [0.5, 0.6) is 0 Å². The molecule has 1 nitrogen and oxygen atoms in total. The van der Waals surface area contributed by atoms with E-state index in [9.17, 15) is 0 Å². The molecule has 0 radical (unpaired) electrons. The molecule has 0 aliphatic rings. The summed E-state index contributed by atoms with van der Waals surface area (Å²) >= 11 is 1.86. The van der Waals surface area contributed by atoms with Gasteiger partial charge in [0.1, 0.15) is 0 Å². The van der Waals surface area contributed by atoms with Crippen molar-refractivity contribution in [2.75, 3.05) is 6.54 Å². The number of rotatable bonds is 6. The summed E-state index contributed by atoms with van der Waals surface area (Å²) in [5.41, 5.74) is 1.42. The molecule has 1 N–H and O–H groups in total. The second kappa shape index (κ2) is 6.29. The van der Waals surface area contributed by atoms with E-state index in [0.717, 1.165) is 12.5 Å². The van der Waals surface area contributed by atoms with E-state index < -0.39 is 0 Å². The minimum atomic E-state index is 0.505. The summed E-state index contributed by atoms with van der Waals surface area (Å²) in [5, 5.41) is 5.82. The van der Waals surface area contributed by atoms with Gasteiger partial charge in [0.2, 0.25) is 0 Å². The minimum Gasteiger partial charge on any atom is -0.309 e. The van der Waals surface area contributed by atoms with Gasteiger partial charge < -0.3 is 5.32 Å². The van der Waals surface area contributed by atoms with Crippen LogP contribution in [0, 0.1) is 12.8 Å². The van der Waals surface area contributed by atoms with Gasteiger partial charge in [-0.1, -0.05) is 26.7 Å². The largest absolute Gasteiger partial charge is 0.309 e. The summed E-state index contributed by atoms with van der Waals surface area (Å²) in [5.74, 6) is 0.827. The first-order valence-electron chi connectivity index (χ1n) is 5.96. The third kappa shape index (κ3) is 3.62. The van der Waals surface area contributed by atoms with E-state index in [1.54, 1.807) is 0 Å². The molecule has 1 heterocycles. The topological polar surface area (TPSA) is 12.0 Å². The Morgan fingerprint density at radius 2 is 2.00 bits per heavy atom.